The molecule has 2 rings (SSSR count). The fraction of sp³-hybridized carbons (Fsp3) is 0.778. The van der Waals surface area contributed by atoms with E-state index in [0.29, 0.717) is 25.3 Å². The molecule has 0 aromatic carbocycles. The van der Waals surface area contributed by atoms with Crippen LogP contribution in [0, 0.1) is 0 Å². The van der Waals surface area contributed by atoms with Crippen LogP contribution >= 0.6 is 11.8 Å². The van der Waals surface area contributed by atoms with Crippen LogP contribution in [0.1, 0.15) is 12.8 Å². The van der Waals surface area contributed by atoms with Gasteiger partial charge in [-0.05, 0) is 18.6 Å². The van der Waals surface area contributed by atoms with Gasteiger partial charge in [0.2, 0.25) is 0 Å². The van der Waals surface area contributed by atoms with Crippen molar-refractivity contribution >= 4 is 23.8 Å². The summed E-state index contributed by atoms with van der Waals surface area (Å²) >= 11 is 1.59. The Morgan fingerprint density at radius 1 is 1.60 bits per heavy atom. The average Bonchev–Trinajstić information content (AvgIpc) is 2.66. The molecule has 0 saturated carbocycles. The molecular formula is C9H13NO4S. The smallest absolute Gasteiger partial charge is 0.410 e. The molecule has 2 saturated heterocycles. The summed E-state index contributed by atoms with van der Waals surface area (Å²) in [6.45, 7) is 0.699. The van der Waals surface area contributed by atoms with Gasteiger partial charge in [-0.3, -0.25) is 4.90 Å². The van der Waals surface area contributed by atoms with Crippen molar-refractivity contribution in [1.82, 2.24) is 4.90 Å². The molecule has 84 valence electrons. The lowest BCUT2D eigenvalue weighted by Crippen LogP contribution is -2.58. The minimum absolute atomic E-state index is 0.304. The number of carbonyl (C=O) groups is 2. The Morgan fingerprint density at radius 3 is 2.87 bits per heavy atom. The van der Waals surface area contributed by atoms with Crippen LogP contribution < -0.4 is 0 Å². The summed E-state index contributed by atoms with van der Waals surface area (Å²) in [6, 6.07) is 0. The summed E-state index contributed by atoms with van der Waals surface area (Å²) in [6.07, 6.45) is 0.880. The molecule has 0 aliphatic carbocycles. The second-order valence-electron chi connectivity index (χ2n) is 3.76. The highest BCUT2D eigenvalue weighted by Gasteiger charge is 2.50. The van der Waals surface area contributed by atoms with Gasteiger partial charge in [-0.15, -0.1) is 0 Å². The van der Waals surface area contributed by atoms with Crippen molar-refractivity contribution in [2.75, 3.05) is 24.7 Å². The molecule has 1 atom stereocenters. The zero-order chi connectivity index (χ0) is 10.9. The maximum atomic E-state index is 11.4. The molecule has 1 amide bonds. The van der Waals surface area contributed by atoms with E-state index >= 15 is 0 Å². The zero-order valence-corrected chi connectivity index (χ0v) is 9.09. The first kappa shape index (κ1) is 10.6. The first-order valence-electron chi connectivity index (χ1n) is 4.92. The SMILES string of the molecule is O=C1OCCN1C1(C(=O)O)CCCSC1. The van der Waals surface area contributed by atoms with Gasteiger partial charge in [-0.1, -0.05) is 0 Å². The lowest BCUT2D eigenvalue weighted by Gasteiger charge is -2.38. The third-order valence-corrected chi connectivity index (χ3v) is 4.15. The maximum absolute atomic E-state index is 11.4. The molecule has 2 heterocycles. The monoisotopic (exact) mass is 231 g/mol. The van der Waals surface area contributed by atoms with E-state index in [1.807, 2.05) is 0 Å². The molecule has 1 unspecified atom stereocenters. The summed E-state index contributed by atoms with van der Waals surface area (Å²) in [5, 5.41) is 9.30. The van der Waals surface area contributed by atoms with E-state index in [1.54, 1.807) is 11.8 Å². The number of cyclic esters (lactones) is 1. The Morgan fingerprint density at radius 2 is 2.40 bits per heavy atom. The van der Waals surface area contributed by atoms with Crippen LogP contribution in [0.3, 0.4) is 0 Å². The number of carboxylic acids is 1. The predicted molar refractivity (Wildman–Crippen MR) is 55.0 cm³/mol. The van der Waals surface area contributed by atoms with E-state index < -0.39 is 17.6 Å². The first-order chi connectivity index (χ1) is 7.17. The van der Waals surface area contributed by atoms with E-state index in [9.17, 15) is 14.7 Å². The number of hydrogen-bond acceptors (Lipinski definition) is 4. The molecule has 0 spiro atoms. The van der Waals surface area contributed by atoms with E-state index in [0.717, 1.165) is 12.2 Å². The van der Waals surface area contributed by atoms with Crippen molar-refractivity contribution in [3.63, 3.8) is 0 Å². The largest absolute Gasteiger partial charge is 0.479 e. The van der Waals surface area contributed by atoms with E-state index in [4.69, 9.17) is 4.74 Å². The van der Waals surface area contributed by atoms with Gasteiger partial charge >= 0.3 is 12.1 Å². The summed E-state index contributed by atoms with van der Waals surface area (Å²) in [5.41, 5.74) is -1.03. The molecule has 0 radical (unpaired) electrons. The van der Waals surface area contributed by atoms with Gasteiger partial charge in [0.05, 0.1) is 6.54 Å². The van der Waals surface area contributed by atoms with Crippen molar-refractivity contribution in [3.8, 4) is 0 Å². The third-order valence-electron chi connectivity index (χ3n) is 2.90. The lowest BCUT2D eigenvalue weighted by atomic mass is 9.93. The van der Waals surface area contributed by atoms with E-state index in [2.05, 4.69) is 0 Å². The Kier molecular flexibility index (Phi) is 2.77. The van der Waals surface area contributed by atoms with Crippen LogP contribution in [0.5, 0.6) is 0 Å². The number of amides is 1. The highest BCUT2D eigenvalue weighted by atomic mass is 32.2. The number of hydrogen-bond donors (Lipinski definition) is 1. The number of thioether (sulfide) groups is 1. The van der Waals surface area contributed by atoms with Gasteiger partial charge < -0.3 is 9.84 Å². The first-order valence-corrected chi connectivity index (χ1v) is 6.08. The second kappa shape index (κ2) is 3.92. The molecular weight excluding hydrogens is 218 g/mol. The number of carboxylic acid groups (broad SMARTS) is 1. The van der Waals surface area contributed by atoms with E-state index in [-0.39, 0.29) is 0 Å². The van der Waals surface area contributed by atoms with Gasteiger partial charge in [0, 0.05) is 5.75 Å². The second-order valence-corrected chi connectivity index (χ2v) is 4.86. The Hall–Kier alpha value is -0.910. The van der Waals surface area contributed by atoms with Crippen LogP contribution in [-0.4, -0.2) is 52.3 Å². The zero-order valence-electron chi connectivity index (χ0n) is 8.27. The Balaban J connectivity index is 2.24. The third kappa shape index (κ3) is 1.67. The Labute approximate surface area is 91.8 Å². The standard InChI is InChI=1S/C9H13NO4S/c11-7(12)9(2-1-5-15-6-9)10-3-4-14-8(10)13/h1-6H2,(H,11,12). The molecule has 0 aromatic rings. The molecule has 6 heteroatoms. The van der Waals surface area contributed by atoms with Crippen molar-refractivity contribution in [2.24, 2.45) is 0 Å². The van der Waals surface area contributed by atoms with Crippen molar-refractivity contribution in [1.29, 1.82) is 0 Å². The van der Waals surface area contributed by atoms with Crippen LogP contribution in [0.4, 0.5) is 4.79 Å². The van der Waals surface area contributed by atoms with E-state index in [1.165, 1.54) is 4.90 Å². The van der Waals surface area contributed by atoms with Gasteiger partial charge in [0.15, 0.2) is 5.54 Å². The summed E-state index contributed by atoms with van der Waals surface area (Å²) in [5.74, 6) is 0.531. The summed E-state index contributed by atoms with van der Waals surface area (Å²) in [4.78, 5) is 24.1. The van der Waals surface area contributed by atoms with Crippen LogP contribution in [0.15, 0.2) is 0 Å². The molecule has 1 N–H and O–H groups in total. The summed E-state index contributed by atoms with van der Waals surface area (Å²) < 4.78 is 4.81. The van der Waals surface area contributed by atoms with Crippen molar-refractivity contribution in [3.05, 3.63) is 0 Å². The normalized spacial score (nSPS) is 31.5. The average molecular weight is 231 g/mol. The van der Waals surface area contributed by atoms with Gasteiger partial charge in [-0.25, -0.2) is 9.59 Å². The number of ether oxygens (including phenoxy) is 1. The minimum atomic E-state index is -1.03. The maximum Gasteiger partial charge on any atom is 0.410 e. The highest BCUT2D eigenvalue weighted by molar-refractivity contribution is 7.99. The number of nitrogens with zero attached hydrogens (tertiary/aromatic N) is 1. The topological polar surface area (TPSA) is 66.8 Å². The molecule has 2 aliphatic rings. The minimum Gasteiger partial charge on any atom is -0.479 e. The molecule has 2 aliphatic heterocycles. The number of carbonyl (C=O) groups excluding carboxylic acids is 1. The van der Waals surface area contributed by atoms with Crippen LogP contribution in [-0.2, 0) is 9.53 Å². The molecule has 0 bridgehead atoms. The Bertz CT molecular complexity index is 288. The number of aliphatic carboxylic acids is 1. The molecule has 0 aromatic heterocycles. The fourth-order valence-corrected chi connectivity index (χ4v) is 3.31. The van der Waals surface area contributed by atoms with Crippen molar-refractivity contribution < 1.29 is 19.4 Å². The van der Waals surface area contributed by atoms with Gasteiger partial charge in [-0.2, -0.15) is 11.8 Å². The molecule has 15 heavy (non-hydrogen) atoms. The van der Waals surface area contributed by atoms with Crippen LogP contribution in [0.2, 0.25) is 0 Å². The predicted octanol–water partition coefficient (Wildman–Crippen LogP) is 0.789. The van der Waals surface area contributed by atoms with Gasteiger partial charge in [0.1, 0.15) is 6.61 Å². The highest BCUT2D eigenvalue weighted by Crippen LogP contribution is 2.34. The summed E-state index contributed by atoms with van der Waals surface area (Å²) in [7, 11) is 0. The quantitative estimate of drug-likeness (QED) is 0.761. The molecule has 5 nitrogen and oxygen atoms in total. The van der Waals surface area contributed by atoms with Crippen molar-refractivity contribution in [2.45, 2.75) is 18.4 Å². The fourth-order valence-electron chi connectivity index (χ4n) is 2.06. The molecule has 2 fully saturated rings. The van der Waals surface area contributed by atoms with Crippen LogP contribution in [0.25, 0.3) is 0 Å². The number of rotatable bonds is 2. The lowest BCUT2D eigenvalue weighted by molar-refractivity contribution is -0.148. The van der Waals surface area contributed by atoms with Gasteiger partial charge in [0.25, 0.3) is 0 Å².